The number of aromatic carboxylic acids is 1. The molecular formula is C19H21N3O2. The Morgan fingerprint density at radius 2 is 2.00 bits per heavy atom. The first-order valence-electron chi connectivity index (χ1n) is 8.29. The van der Waals surface area contributed by atoms with Crippen LogP contribution in [0.2, 0.25) is 0 Å². The van der Waals surface area contributed by atoms with E-state index >= 15 is 0 Å². The van der Waals surface area contributed by atoms with Crippen LogP contribution in [0.3, 0.4) is 0 Å². The molecule has 24 heavy (non-hydrogen) atoms. The molecule has 0 aliphatic rings. The third-order valence-corrected chi connectivity index (χ3v) is 4.53. The molecule has 0 bridgehead atoms. The van der Waals surface area contributed by atoms with E-state index in [9.17, 15) is 4.79 Å². The minimum absolute atomic E-state index is 0.312. The van der Waals surface area contributed by atoms with Gasteiger partial charge >= 0.3 is 5.97 Å². The van der Waals surface area contributed by atoms with Crippen LogP contribution in [0, 0.1) is 27.7 Å². The first-order chi connectivity index (χ1) is 11.9. The van der Waals surface area contributed by atoms with Gasteiger partial charge in [0.2, 0.25) is 0 Å². The number of aromatic nitrogens is 2. The minimum atomic E-state index is -0.692. The van der Waals surface area contributed by atoms with Crippen LogP contribution in [0.4, 0.5) is 5.69 Å². The van der Waals surface area contributed by atoms with Crippen LogP contribution in [0.15, 0.2) is 30.5 Å². The van der Waals surface area contributed by atoms with Crippen molar-refractivity contribution in [3.63, 3.8) is 0 Å². The zero-order chi connectivity index (χ0) is 18.1. The summed E-state index contributed by atoms with van der Waals surface area (Å²) in [4.78, 5) is 16.4. The summed E-state index contributed by atoms with van der Waals surface area (Å²) in [5, 5.41) is 7.53. The third kappa shape index (κ3) is 2.73. The summed E-state index contributed by atoms with van der Waals surface area (Å²) < 4.78 is 8.74. The van der Waals surface area contributed by atoms with Gasteiger partial charge in [0.1, 0.15) is 0 Å². The lowest BCUT2D eigenvalue weighted by Crippen LogP contribution is -2.07. The standard InChI is InChI=1S/C19H21N3O2/c1-11-6-5-7-12(2)16(11)9-20-17-8-15(19(23)24)10-22-14(4)13(3)21-18(17)22/h5-8,10,20H,9H2,1-4H3,(H,23,24)/i/hD. The molecule has 124 valence electrons. The second-order valence-electron chi connectivity index (χ2n) is 6.13. The van der Waals surface area contributed by atoms with Gasteiger partial charge in [-0.3, -0.25) is 0 Å². The van der Waals surface area contributed by atoms with E-state index in [0.29, 0.717) is 12.1 Å². The van der Waals surface area contributed by atoms with Gasteiger partial charge in [0, 0.05) is 18.4 Å². The first kappa shape index (κ1) is 14.8. The molecule has 0 fully saturated rings. The van der Waals surface area contributed by atoms with Gasteiger partial charge in [-0.25, -0.2) is 9.78 Å². The molecule has 2 heterocycles. The van der Waals surface area contributed by atoms with Gasteiger partial charge < -0.3 is 14.8 Å². The van der Waals surface area contributed by atoms with Crippen LogP contribution in [-0.2, 0) is 6.54 Å². The maximum atomic E-state index is 11.8. The van der Waals surface area contributed by atoms with Gasteiger partial charge in [-0.1, -0.05) is 18.2 Å². The summed E-state index contributed by atoms with van der Waals surface area (Å²) in [7, 11) is 0. The van der Waals surface area contributed by atoms with Crippen molar-refractivity contribution in [2.45, 2.75) is 34.2 Å². The maximum Gasteiger partial charge on any atom is 0.337 e. The van der Waals surface area contributed by atoms with Gasteiger partial charge in [-0.2, -0.15) is 0 Å². The van der Waals surface area contributed by atoms with Crippen molar-refractivity contribution in [3.8, 4) is 0 Å². The highest BCUT2D eigenvalue weighted by Crippen LogP contribution is 2.23. The molecule has 0 unspecified atom stereocenters. The van der Waals surface area contributed by atoms with Crippen LogP contribution in [0.25, 0.3) is 7.08 Å². The van der Waals surface area contributed by atoms with E-state index in [1.54, 1.807) is 12.3 Å². The summed E-state index contributed by atoms with van der Waals surface area (Å²) in [6, 6.07) is 7.89. The van der Waals surface area contributed by atoms with Gasteiger partial charge in [-0.05, 0) is 50.5 Å². The lowest BCUT2D eigenvalue weighted by molar-refractivity contribution is 0.0696. The number of carboxylic acids is 1. The van der Waals surface area contributed by atoms with E-state index in [1.807, 2.05) is 24.3 Å². The number of aryl methyl sites for hydroxylation is 4. The zero-order valence-corrected chi connectivity index (χ0v) is 14.3. The van der Waals surface area contributed by atoms with E-state index in [-0.39, 0.29) is 0 Å². The van der Waals surface area contributed by atoms with Gasteiger partial charge in [0.05, 0.1) is 16.9 Å². The van der Waals surface area contributed by atoms with Crippen molar-refractivity contribution in [2.24, 2.45) is 0 Å². The van der Waals surface area contributed by atoms with Crippen molar-refractivity contribution in [3.05, 3.63) is 64.1 Å². The van der Waals surface area contributed by atoms with Gasteiger partial charge in [0.15, 0.2) is 5.65 Å². The number of carbonyl (C=O) groups is 1. The molecule has 2 N–H and O–H groups in total. The molecule has 3 rings (SSSR count). The average molecular weight is 324 g/mol. The van der Waals surface area contributed by atoms with Crippen molar-refractivity contribution < 1.29 is 9.90 Å². The maximum absolute atomic E-state index is 11.8. The van der Waals surface area contributed by atoms with E-state index < -0.39 is 5.97 Å². The predicted molar refractivity (Wildman–Crippen MR) is 94.9 cm³/mol. The molecule has 0 saturated heterocycles. The molecule has 3 aromatic rings. The molecule has 0 radical (unpaired) electrons. The van der Waals surface area contributed by atoms with Gasteiger partial charge in [0.25, 0.3) is 1.43 Å². The number of hydrogen-bond donors (Lipinski definition) is 2. The number of carboxylic acid groups (broad SMARTS) is 1. The monoisotopic (exact) mass is 324 g/mol. The quantitative estimate of drug-likeness (QED) is 0.764. The number of imidazole rings is 1. The molecule has 1 aromatic carbocycles. The summed E-state index contributed by atoms with van der Waals surface area (Å²) in [6.45, 7) is 8.66. The lowest BCUT2D eigenvalue weighted by Gasteiger charge is -2.13. The minimum Gasteiger partial charge on any atom is -0.478 e. The highest BCUT2D eigenvalue weighted by Gasteiger charge is 2.14. The lowest BCUT2D eigenvalue weighted by atomic mass is 10.0. The molecule has 0 amide bonds. The molecule has 0 spiro atoms. The van der Waals surface area contributed by atoms with Crippen molar-refractivity contribution in [1.29, 1.82) is 1.43 Å². The second-order valence-corrected chi connectivity index (χ2v) is 6.13. The Bertz CT molecular complexity index is 943. The Morgan fingerprint density at radius 3 is 2.67 bits per heavy atom. The fourth-order valence-electron chi connectivity index (χ4n) is 2.92. The fourth-order valence-corrected chi connectivity index (χ4v) is 2.92. The smallest absolute Gasteiger partial charge is 0.337 e. The van der Waals surface area contributed by atoms with E-state index in [1.165, 1.54) is 16.7 Å². The molecule has 5 heteroatoms. The van der Waals surface area contributed by atoms with Crippen LogP contribution < -0.4 is 5.32 Å². The van der Waals surface area contributed by atoms with Gasteiger partial charge in [-0.15, -0.1) is 0 Å². The Balaban J connectivity index is 2.05. The molecule has 0 aliphatic carbocycles. The van der Waals surface area contributed by atoms with Crippen molar-refractivity contribution in [1.82, 2.24) is 9.38 Å². The molecule has 0 atom stereocenters. The first-order valence-corrected chi connectivity index (χ1v) is 7.88. The molecule has 0 saturated carbocycles. The van der Waals surface area contributed by atoms with Crippen molar-refractivity contribution >= 4 is 17.3 Å². The molecule has 0 aliphatic heterocycles. The van der Waals surface area contributed by atoms with Crippen LogP contribution in [-0.4, -0.2) is 20.5 Å². The predicted octanol–water partition coefficient (Wildman–Crippen LogP) is 3.88. The third-order valence-electron chi connectivity index (χ3n) is 4.53. The molecule has 2 aromatic heterocycles. The Kier molecular flexibility index (Phi) is 3.69. The number of hydrogen-bond acceptors (Lipinski definition) is 4. The number of anilines is 1. The Morgan fingerprint density at radius 1 is 1.29 bits per heavy atom. The highest BCUT2D eigenvalue weighted by molar-refractivity contribution is 5.90. The Hall–Kier alpha value is -2.82. The van der Waals surface area contributed by atoms with E-state index in [0.717, 1.165) is 22.7 Å². The normalized spacial score (nSPS) is 11.4. The van der Waals surface area contributed by atoms with E-state index in [4.69, 9.17) is 1.43 Å². The highest BCUT2D eigenvalue weighted by atomic mass is 16.4. The van der Waals surface area contributed by atoms with Crippen LogP contribution in [0.5, 0.6) is 0 Å². The number of nitrogens with zero attached hydrogens (tertiary/aromatic N) is 2. The van der Waals surface area contributed by atoms with Crippen LogP contribution in [0.1, 0.15) is 38.4 Å². The van der Waals surface area contributed by atoms with Crippen molar-refractivity contribution in [2.75, 3.05) is 5.32 Å². The topological polar surface area (TPSA) is 66.6 Å². The van der Waals surface area contributed by atoms with E-state index in [2.05, 4.69) is 41.4 Å². The summed E-state index contributed by atoms with van der Waals surface area (Å²) in [6.07, 6.45) is 1.66. The number of nitrogens with one attached hydrogen (secondary N) is 1. The summed E-state index contributed by atoms with van der Waals surface area (Å²) in [5.74, 6) is -0.692. The Labute approximate surface area is 142 Å². The summed E-state index contributed by atoms with van der Waals surface area (Å²) >= 11 is 0. The molecular weight excluding hydrogens is 302 g/mol. The zero-order valence-electron chi connectivity index (χ0n) is 15.3. The number of pyridine rings is 1. The SMILES string of the molecule is [2H]OC(=O)c1cc(NCc2c(C)cccc2C)c2nc(C)c(C)n2c1. The largest absolute Gasteiger partial charge is 0.478 e. The summed E-state index contributed by atoms with van der Waals surface area (Å²) in [5.41, 5.74) is 7.28. The second kappa shape index (κ2) is 6.00. The number of benzene rings is 1. The average Bonchev–Trinajstić information content (AvgIpc) is 2.88. The molecule has 5 nitrogen and oxygen atoms in total. The number of rotatable bonds is 4. The van der Waals surface area contributed by atoms with Crippen LogP contribution >= 0.6 is 0 Å². The number of fused-ring (bicyclic) bond motifs is 1. The fraction of sp³-hybridized carbons (Fsp3) is 0.263.